The van der Waals surface area contributed by atoms with Gasteiger partial charge in [0.1, 0.15) is 11.9 Å². The van der Waals surface area contributed by atoms with Crippen molar-refractivity contribution in [1.29, 1.82) is 0 Å². The SMILES string of the molecule is CC.CC1=CCC=CC2c3ccccc3OC12. The lowest BCUT2D eigenvalue weighted by atomic mass is 9.92. The highest BCUT2D eigenvalue weighted by Gasteiger charge is 2.33. The highest BCUT2D eigenvalue weighted by molar-refractivity contribution is 5.46. The molecular formula is C16H20O. The zero-order chi connectivity index (χ0) is 12.3. The van der Waals surface area contributed by atoms with Gasteiger partial charge in [-0.1, -0.05) is 50.3 Å². The topological polar surface area (TPSA) is 9.23 Å². The second kappa shape index (κ2) is 5.22. The first-order valence-electron chi connectivity index (χ1n) is 6.45. The van der Waals surface area contributed by atoms with E-state index in [0.29, 0.717) is 5.92 Å². The van der Waals surface area contributed by atoms with Crippen LogP contribution in [0, 0.1) is 0 Å². The Hall–Kier alpha value is -1.50. The molecule has 0 spiro atoms. The fourth-order valence-corrected chi connectivity index (χ4v) is 2.41. The summed E-state index contributed by atoms with van der Waals surface area (Å²) in [6.07, 6.45) is 8.03. The molecule has 90 valence electrons. The third-order valence-electron chi connectivity index (χ3n) is 3.23. The molecule has 1 nitrogen and oxygen atoms in total. The number of benzene rings is 1. The smallest absolute Gasteiger partial charge is 0.130 e. The Bertz CT molecular complexity index is 443. The van der Waals surface area contributed by atoms with Crippen LogP contribution in [-0.2, 0) is 0 Å². The summed E-state index contributed by atoms with van der Waals surface area (Å²) in [7, 11) is 0. The summed E-state index contributed by atoms with van der Waals surface area (Å²) >= 11 is 0. The summed E-state index contributed by atoms with van der Waals surface area (Å²) in [5.41, 5.74) is 2.68. The number of para-hydroxylation sites is 1. The molecule has 0 amide bonds. The monoisotopic (exact) mass is 228 g/mol. The molecule has 1 aliphatic carbocycles. The lowest BCUT2D eigenvalue weighted by molar-refractivity contribution is 0.257. The third-order valence-corrected chi connectivity index (χ3v) is 3.23. The normalized spacial score (nSPS) is 24.5. The van der Waals surface area contributed by atoms with Gasteiger partial charge in [0.2, 0.25) is 0 Å². The first kappa shape index (κ1) is 12.0. The molecule has 0 saturated carbocycles. The van der Waals surface area contributed by atoms with E-state index in [1.54, 1.807) is 0 Å². The molecule has 0 bridgehead atoms. The summed E-state index contributed by atoms with van der Waals surface area (Å²) in [5, 5.41) is 0. The predicted octanol–water partition coefficient (Wildman–Crippen LogP) is 4.46. The maximum Gasteiger partial charge on any atom is 0.130 e. The minimum absolute atomic E-state index is 0.223. The molecule has 1 heterocycles. The zero-order valence-electron chi connectivity index (χ0n) is 10.8. The lowest BCUT2D eigenvalue weighted by Crippen LogP contribution is -2.18. The fourth-order valence-electron chi connectivity index (χ4n) is 2.41. The number of hydrogen-bond acceptors (Lipinski definition) is 1. The molecule has 17 heavy (non-hydrogen) atoms. The van der Waals surface area contributed by atoms with Crippen LogP contribution in [0.3, 0.4) is 0 Å². The number of hydrogen-bond donors (Lipinski definition) is 0. The minimum atomic E-state index is 0.223. The summed E-state index contributed by atoms with van der Waals surface area (Å²) in [6, 6.07) is 8.35. The van der Waals surface area contributed by atoms with E-state index in [4.69, 9.17) is 4.74 Å². The van der Waals surface area contributed by atoms with Gasteiger partial charge in [0.15, 0.2) is 0 Å². The Morgan fingerprint density at radius 3 is 2.76 bits per heavy atom. The van der Waals surface area contributed by atoms with Crippen LogP contribution in [0.4, 0.5) is 0 Å². The van der Waals surface area contributed by atoms with Crippen molar-refractivity contribution in [3.05, 3.63) is 53.6 Å². The van der Waals surface area contributed by atoms with E-state index in [1.807, 2.05) is 19.9 Å². The highest BCUT2D eigenvalue weighted by atomic mass is 16.5. The van der Waals surface area contributed by atoms with Crippen molar-refractivity contribution >= 4 is 0 Å². The van der Waals surface area contributed by atoms with Gasteiger partial charge in [0.05, 0.1) is 0 Å². The van der Waals surface area contributed by atoms with Gasteiger partial charge in [-0.05, 0) is 25.0 Å². The van der Waals surface area contributed by atoms with Gasteiger partial charge in [-0.15, -0.1) is 0 Å². The van der Waals surface area contributed by atoms with Crippen LogP contribution in [0.2, 0.25) is 0 Å². The van der Waals surface area contributed by atoms with Gasteiger partial charge in [0, 0.05) is 11.5 Å². The predicted molar refractivity (Wildman–Crippen MR) is 72.5 cm³/mol. The number of ether oxygens (including phenoxy) is 1. The average Bonchev–Trinajstić information content (AvgIpc) is 2.66. The highest BCUT2D eigenvalue weighted by Crippen LogP contribution is 2.42. The van der Waals surface area contributed by atoms with Crippen molar-refractivity contribution in [2.45, 2.75) is 39.2 Å². The zero-order valence-corrected chi connectivity index (χ0v) is 10.8. The molecule has 0 saturated heterocycles. The van der Waals surface area contributed by atoms with Crippen LogP contribution >= 0.6 is 0 Å². The second-order valence-corrected chi connectivity index (χ2v) is 4.21. The number of rotatable bonds is 0. The van der Waals surface area contributed by atoms with Crippen molar-refractivity contribution in [3.8, 4) is 5.75 Å². The van der Waals surface area contributed by atoms with Gasteiger partial charge < -0.3 is 4.74 Å². The summed E-state index contributed by atoms with van der Waals surface area (Å²) in [6.45, 7) is 6.16. The van der Waals surface area contributed by atoms with Crippen LogP contribution in [0.1, 0.15) is 38.7 Å². The van der Waals surface area contributed by atoms with Gasteiger partial charge in [0.25, 0.3) is 0 Å². The van der Waals surface area contributed by atoms with E-state index in [2.05, 4.69) is 43.4 Å². The molecule has 0 fully saturated rings. The summed E-state index contributed by atoms with van der Waals surface area (Å²) < 4.78 is 5.98. The molecule has 0 aromatic heterocycles. The van der Waals surface area contributed by atoms with Crippen LogP contribution in [0.25, 0.3) is 0 Å². The molecule has 2 unspecified atom stereocenters. The number of allylic oxidation sites excluding steroid dienone is 2. The maximum atomic E-state index is 5.98. The fraction of sp³-hybridized carbons (Fsp3) is 0.375. The first-order valence-corrected chi connectivity index (χ1v) is 6.45. The Kier molecular flexibility index (Phi) is 3.68. The van der Waals surface area contributed by atoms with Gasteiger partial charge in [-0.2, -0.15) is 0 Å². The Morgan fingerprint density at radius 1 is 1.18 bits per heavy atom. The average molecular weight is 228 g/mol. The molecular weight excluding hydrogens is 208 g/mol. The Labute approximate surface area is 104 Å². The Morgan fingerprint density at radius 2 is 1.94 bits per heavy atom. The van der Waals surface area contributed by atoms with Crippen molar-refractivity contribution in [1.82, 2.24) is 0 Å². The van der Waals surface area contributed by atoms with E-state index in [1.165, 1.54) is 11.1 Å². The van der Waals surface area contributed by atoms with Gasteiger partial charge >= 0.3 is 0 Å². The number of fused-ring (bicyclic) bond motifs is 3. The molecule has 3 rings (SSSR count). The maximum absolute atomic E-state index is 5.98. The molecule has 2 aliphatic rings. The molecule has 1 aromatic rings. The van der Waals surface area contributed by atoms with Crippen LogP contribution < -0.4 is 4.74 Å². The molecule has 1 aromatic carbocycles. The summed E-state index contributed by atoms with van der Waals surface area (Å²) in [4.78, 5) is 0. The van der Waals surface area contributed by atoms with E-state index in [0.717, 1.165) is 12.2 Å². The third kappa shape index (κ3) is 2.14. The van der Waals surface area contributed by atoms with Gasteiger partial charge in [-0.25, -0.2) is 0 Å². The standard InChI is InChI=1S/C14H14O.C2H6/c1-10-6-2-3-8-12-11-7-4-5-9-13(11)15-14(10)12;1-2/h3-9,12,14H,2H2,1H3;1-2H3. The van der Waals surface area contributed by atoms with Gasteiger partial charge in [-0.3, -0.25) is 0 Å². The van der Waals surface area contributed by atoms with Crippen molar-refractivity contribution < 1.29 is 4.74 Å². The first-order chi connectivity index (χ1) is 8.36. The van der Waals surface area contributed by atoms with Crippen LogP contribution in [0.5, 0.6) is 5.75 Å². The van der Waals surface area contributed by atoms with Crippen LogP contribution in [0.15, 0.2) is 48.1 Å². The molecule has 1 heteroatoms. The minimum Gasteiger partial charge on any atom is -0.485 e. The van der Waals surface area contributed by atoms with E-state index >= 15 is 0 Å². The second-order valence-electron chi connectivity index (χ2n) is 4.21. The van der Waals surface area contributed by atoms with Crippen molar-refractivity contribution in [3.63, 3.8) is 0 Å². The molecule has 0 radical (unpaired) electrons. The van der Waals surface area contributed by atoms with E-state index in [9.17, 15) is 0 Å². The summed E-state index contributed by atoms with van der Waals surface area (Å²) in [5.74, 6) is 1.46. The molecule has 1 aliphatic heterocycles. The van der Waals surface area contributed by atoms with Crippen molar-refractivity contribution in [2.24, 2.45) is 0 Å². The van der Waals surface area contributed by atoms with E-state index in [-0.39, 0.29) is 6.10 Å². The van der Waals surface area contributed by atoms with Crippen molar-refractivity contribution in [2.75, 3.05) is 0 Å². The largest absolute Gasteiger partial charge is 0.485 e. The lowest BCUT2D eigenvalue weighted by Gasteiger charge is -2.15. The molecule has 2 atom stereocenters. The van der Waals surface area contributed by atoms with Crippen LogP contribution in [-0.4, -0.2) is 6.10 Å². The van der Waals surface area contributed by atoms with E-state index < -0.39 is 0 Å². The quantitative estimate of drug-likeness (QED) is 0.595. The Balaban J connectivity index is 0.000000514. The molecule has 0 N–H and O–H groups in total.